The van der Waals surface area contributed by atoms with Crippen LogP contribution in [0.15, 0.2) is 30.5 Å². The lowest BCUT2D eigenvalue weighted by atomic mass is 9.91. The zero-order valence-corrected chi connectivity index (χ0v) is 19.2. The number of aromatic nitrogens is 2. The third kappa shape index (κ3) is 5.42. The second-order valence-electron chi connectivity index (χ2n) is 8.59. The smallest absolute Gasteiger partial charge is 0.229 e. The number of anilines is 4. The molecular weight excluding hydrogens is 437 g/mol. The van der Waals surface area contributed by atoms with Gasteiger partial charge in [-0.1, -0.05) is 0 Å². The number of benzene rings is 1. The number of rotatable bonds is 6. The van der Waals surface area contributed by atoms with Crippen LogP contribution in [0.1, 0.15) is 26.2 Å². The maximum atomic E-state index is 14.5. The lowest BCUT2D eigenvalue weighted by Crippen LogP contribution is -2.48. The van der Waals surface area contributed by atoms with Crippen molar-refractivity contribution >= 4 is 34.8 Å². The first kappa shape index (κ1) is 23.4. The molecule has 1 amide bonds. The van der Waals surface area contributed by atoms with Gasteiger partial charge in [-0.3, -0.25) is 9.59 Å². The number of carbonyl (C=O) groups is 2. The lowest BCUT2D eigenvalue weighted by molar-refractivity contribution is -0.129. The van der Waals surface area contributed by atoms with E-state index in [2.05, 4.69) is 20.2 Å². The van der Waals surface area contributed by atoms with Gasteiger partial charge in [0, 0.05) is 63.5 Å². The summed E-state index contributed by atoms with van der Waals surface area (Å²) in [6, 6.07) is 9.75. The number of nitrogens with one attached hydrogen (secondary N) is 1. The summed E-state index contributed by atoms with van der Waals surface area (Å²) < 4.78 is 14.5. The zero-order chi connectivity index (χ0) is 24.1. The van der Waals surface area contributed by atoms with Crippen LogP contribution >= 0.6 is 0 Å². The van der Waals surface area contributed by atoms with E-state index < -0.39 is 5.82 Å². The normalized spacial score (nSPS) is 16.8. The first-order chi connectivity index (χ1) is 16.4. The molecule has 178 valence electrons. The van der Waals surface area contributed by atoms with E-state index in [4.69, 9.17) is 5.26 Å². The van der Waals surface area contributed by atoms with Gasteiger partial charge < -0.3 is 20.0 Å². The molecule has 0 radical (unpaired) electrons. The number of carbonyl (C=O) groups excluding carboxylic acids is 2. The molecule has 2 aliphatic rings. The monoisotopic (exact) mass is 465 g/mol. The van der Waals surface area contributed by atoms with Gasteiger partial charge in [-0.05, 0) is 37.1 Å². The van der Waals surface area contributed by atoms with Crippen molar-refractivity contribution in [3.63, 3.8) is 0 Å². The number of ketones is 1. The van der Waals surface area contributed by atoms with E-state index in [1.807, 2.05) is 40.1 Å². The number of halogens is 1. The highest BCUT2D eigenvalue weighted by Gasteiger charge is 2.27. The Bertz CT molecular complexity index is 1070. The summed E-state index contributed by atoms with van der Waals surface area (Å²) in [5.41, 5.74) is 1.85. The standard InChI is InChI=1S/C24H28FN7O2/c1-17(33)30-12-14-31(15-13-30)20-4-2-19(3-5-20)28-24-27-16-21(25)23(29-24)32-10-7-18(8-11-32)22(34)6-9-26/h2-5,16,18H,6-8,10-15H2,1H3,(H,27,28,29). The van der Waals surface area contributed by atoms with Crippen molar-refractivity contribution in [2.24, 2.45) is 5.92 Å². The summed E-state index contributed by atoms with van der Waals surface area (Å²) in [4.78, 5) is 37.8. The maximum absolute atomic E-state index is 14.5. The van der Waals surface area contributed by atoms with Gasteiger partial charge in [0.15, 0.2) is 11.6 Å². The van der Waals surface area contributed by atoms with Gasteiger partial charge in [-0.25, -0.2) is 9.37 Å². The molecule has 1 aromatic carbocycles. The highest BCUT2D eigenvalue weighted by atomic mass is 19.1. The molecule has 3 heterocycles. The second-order valence-corrected chi connectivity index (χ2v) is 8.59. The van der Waals surface area contributed by atoms with E-state index in [0.717, 1.165) is 30.7 Å². The van der Waals surface area contributed by atoms with Crippen LogP contribution in [-0.4, -0.2) is 65.8 Å². The predicted octanol–water partition coefficient (Wildman–Crippen LogP) is 2.73. The third-order valence-corrected chi connectivity index (χ3v) is 6.44. The fourth-order valence-corrected chi connectivity index (χ4v) is 4.44. The Labute approximate surface area is 198 Å². The van der Waals surface area contributed by atoms with Crippen LogP contribution in [0, 0.1) is 23.1 Å². The maximum Gasteiger partial charge on any atom is 0.229 e. The average Bonchev–Trinajstić information content (AvgIpc) is 2.86. The number of piperidine rings is 1. The Balaban J connectivity index is 1.37. The van der Waals surface area contributed by atoms with Crippen molar-refractivity contribution in [2.45, 2.75) is 26.2 Å². The fourth-order valence-electron chi connectivity index (χ4n) is 4.44. The van der Waals surface area contributed by atoms with Gasteiger partial charge in [0.1, 0.15) is 5.78 Å². The largest absolute Gasteiger partial charge is 0.368 e. The highest BCUT2D eigenvalue weighted by Crippen LogP contribution is 2.27. The topological polar surface area (TPSA) is 105 Å². The molecule has 4 rings (SSSR count). The summed E-state index contributed by atoms with van der Waals surface area (Å²) in [7, 11) is 0. The van der Waals surface area contributed by atoms with E-state index in [1.165, 1.54) is 0 Å². The molecule has 34 heavy (non-hydrogen) atoms. The minimum atomic E-state index is -0.507. The molecule has 0 bridgehead atoms. The van der Waals surface area contributed by atoms with Crippen molar-refractivity contribution in [2.75, 3.05) is 54.4 Å². The van der Waals surface area contributed by atoms with Crippen LogP contribution < -0.4 is 15.1 Å². The second kappa shape index (κ2) is 10.5. The molecule has 0 aliphatic carbocycles. The van der Waals surface area contributed by atoms with Crippen LogP contribution in [-0.2, 0) is 9.59 Å². The number of amides is 1. The Morgan fingerprint density at radius 1 is 1.09 bits per heavy atom. The molecule has 0 spiro atoms. The van der Waals surface area contributed by atoms with Crippen LogP contribution in [0.3, 0.4) is 0 Å². The van der Waals surface area contributed by atoms with E-state index >= 15 is 0 Å². The third-order valence-electron chi connectivity index (χ3n) is 6.44. The highest BCUT2D eigenvalue weighted by molar-refractivity contribution is 5.83. The molecule has 1 aromatic heterocycles. The van der Waals surface area contributed by atoms with Crippen molar-refractivity contribution in [3.05, 3.63) is 36.3 Å². The van der Waals surface area contributed by atoms with Crippen LogP contribution in [0.2, 0.25) is 0 Å². The molecular formula is C24H28FN7O2. The van der Waals surface area contributed by atoms with Crippen molar-refractivity contribution in [1.82, 2.24) is 14.9 Å². The Kier molecular flexibility index (Phi) is 7.21. The molecule has 0 saturated carbocycles. The summed E-state index contributed by atoms with van der Waals surface area (Å²) in [6.45, 7) is 5.60. The quantitative estimate of drug-likeness (QED) is 0.694. The molecule has 2 saturated heterocycles. The molecule has 2 aliphatic heterocycles. The number of nitriles is 1. The summed E-state index contributed by atoms with van der Waals surface area (Å²) in [5.74, 6) is -0.0909. The number of hydrogen-bond donors (Lipinski definition) is 1. The van der Waals surface area contributed by atoms with Crippen LogP contribution in [0.25, 0.3) is 0 Å². The Hall–Kier alpha value is -3.74. The zero-order valence-electron chi connectivity index (χ0n) is 19.2. The van der Waals surface area contributed by atoms with Gasteiger partial charge in [-0.2, -0.15) is 10.2 Å². The van der Waals surface area contributed by atoms with Crippen LogP contribution in [0.4, 0.5) is 27.5 Å². The van der Waals surface area contributed by atoms with E-state index in [-0.39, 0.29) is 29.8 Å². The van der Waals surface area contributed by atoms with E-state index in [9.17, 15) is 14.0 Å². The number of piperazine rings is 1. The molecule has 0 unspecified atom stereocenters. The Morgan fingerprint density at radius 2 is 1.76 bits per heavy atom. The Morgan fingerprint density at radius 3 is 2.38 bits per heavy atom. The molecule has 2 aromatic rings. The van der Waals surface area contributed by atoms with Crippen molar-refractivity contribution in [3.8, 4) is 6.07 Å². The molecule has 2 fully saturated rings. The number of nitrogens with zero attached hydrogens (tertiary/aromatic N) is 6. The van der Waals surface area contributed by atoms with Crippen LogP contribution in [0.5, 0.6) is 0 Å². The minimum absolute atomic E-state index is 0.0446. The lowest BCUT2D eigenvalue weighted by Gasteiger charge is -2.35. The summed E-state index contributed by atoms with van der Waals surface area (Å²) in [5, 5.41) is 11.9. The van der Waals surface area contributed by atoms with Crippen molar-refractivity contribution < 1.29 is 14.0 Å². The first-order valence-electron chi connectivity index (χ1n) is 11.5. The number of Topliss-reactive ketones (excluding diaryl/α,β-unsaturated/α-hetero) is 1. The molecule has 10 heteroatoms. The van der Waals surface area contributed by atoms with Gasteiger partial charge in [0.2, 0.25) is 11.9 Å². The molecule has 0 atom stereocenters. The van der Waals surface area contributed by atoms with Gasteiger partial charge in [0.25, 0.3) is 0 Å². The fraction of sp³-hybridized carbons (Fsp3) is 0.458. The summed E-state index contributed by atoms with van der Waals surface area (Å²) >= 11 is 0. The SMILES string of the molecule is CC(=O)N1CCN(c2ccc(Nc3ncc(F)c(N4CCC(C(=O)CC#N)CC4)n3)cc2)CC1. The first-order valence-corrected chi connectivity index (χ1v) is 11.5. The van der Waals surface area contributed by atoms with Gasteiger partial charge in [-0.15, -0.1) is 0 Å². The minimum Gasteiger partial charge on any atom is -0.368 e. The predicted molar refractivity (Wildman–Crippen MR) is 126 cm³/mol. The average molecular weight is 466 g/mol. The van der Waals surface area contributed by atoms with Gasteiger partial charge in [0.05, 0.1) is 18.7 Å². The molecule has 9 nitrogen and oxygen atoms in total. The van der Waals surface area contributed by atoms with E-state index in [1.54, 1.807) is 6.92 Å². The van der Waals surface area contributed by atoms with Crippen molar-refractivity contribution in [1.29, 1.82) is 5.26 Å². The van der Waals surface area contributed by atoms with Gasteiger partial charge >= 0.3 is 0 Å². The van der Waals surface area contributed by atoms with E-state index in [0.29, 0.717) is 45.0 Å². The number of hydrogen-bond acceptors (Lipinski definition) is 8. The summed E-state index contributed by atoms with van der Waals surface area (Å²) in [6.07, 6.45) is 2.23. The molecule has 1 N–H and O–H groups in total.